The third-order valence-electron chi connectivity index (χ3n) is 5.38. The van der Waals surface area contributed by atoms with Gasteiger partial charge in [-0.1, -0.05) is 13.8 Å². The van der Waals surface area contributed by atoms with Gasteiger partial charge < -0.3 is 24.4 Å². The second-order valence-electron chi connectivity index (χ2n) is 8.03. The molecule has 2 unspecified atom stereocenters. The van der Waals surface area contributed by atoms with Gasteiger partial charge in [0.05, 0.1) is 33.0 Å². The lowest BCUT2D eigenvalue weighted by molar-refractivity contribution is 0.0131. The summed E-state index contributed by atoms with van der Waals surface area (Å²) in [7, 11) is 3.59. The van der Waals surface area contributed by atoms with Crippen LogP contribution in [0.2, 0.25) is 0 Å². The van der Waals surface area contributed by atoms with Gasteiger partial charge in [0.25, 0.3) is 0 Å². The molecule has 1 N–H and O–H groups in total. The number of guanidine groups is 1. The molecule has 2 saturated heterocycles. The van der Waals surface area contributed by atoms with Gasteiger partial charge in [0.1, 0.15) is 0 Å². The Hall–Kier alpha value is -0.160. The van der Waals surface area contributed by atoms with Crippen molar-refractivity contribution in [3.05, 3.63) is 0 Å². The first-order valence-electron chi connectivity index (χ1n) is 10.5. The molecule has 0 aromatic heterocycles. The van der Waals surface area contributed by atoms with E-state index in [1.165, 1.54) is 6.42 Å². The first kappa shape index (κ1) is 25.9. The molecule has 8 heteroatoms. The van der Waals surface area contributed by atoms with Crippen LogP contribution >= 0.6 is 24.0 Å². The number of nitrogens with zero attached hydrogens (tertiary/aromatic N) is 3. The molecule has 0 bridgehead atoms. The summed E-state index contributed by atoms with van der Waals surface area (Å²) in [6, 6.07) is 0.529. The van der Waals surface area contributed by atoms with Crippen molar-refractivity contribution in [3.63, 3.8) is 0 Å². The molecule has 2 rings (SSSR count). The Balaban J connectivity index is 0.00000392. The zero-order valence-electron chi connectivity index (χ0n) is 18.2. The van der Waals surface area contributed by atoms with E-state index >= 15 is 0 Å². The molecule has 0 aromatic carbocycles. The molecule has 2 heterocycles. The largest absolute Gasteiger partial charge is 0.382 e. The van der Waals surface area contributed by atoms with Gasteiger partial charge in [-0.05, 0) is 18.8 Å². The van der Waals surface area contributed by atoms with E-state index in [0.29, 0.717) is 31.1 Å². The van der Waals surface area contributed by atoms with Crippen LogP contribution in [0.1, 0.15) is 26.7 Å². The molecular weight excluding hydrogens is 471 g/mol. The van der Waals surface area contributed by atoms with Crippen molar-refractivity contribution in [2.24, 2.45) is 16.8 Å². The summed E-state index contributed by atoms with van der Waals surface area (Å²) in [5, 5.41) is 3.64. The minimum atomic E-state index is 0. The van der Waals surface area contributed by atoms with Crippen LogP contribution < -0.4 is 5.32 Å². The molecule has 166 valence electrons. The van der Waals surface area contributed by atoms with E-state index in [-0.39, 0.29) is 24.0 Å². The first-order chi connectivity index (χ1) is 13.1. The van der Waals surface area contributed by atoms with E-state index in [1.807, 2.05) is 7.05 Å². The Morgan fingerprint density at radius 1 is 1.21 bits per heavy atom. The Bertz CT molecular complexity index is 434. The topological polar surface area (TPSA) is 58.6 Å². The summed E-state index contributed by atoms with van der Waals surface area (Å²) < 4.78 is 16.3. The van der Waals surface area contributed by atoms with E-state index in [1.54, 1.807) is 7.11 Å². The molecule has 0 spiro atoms. The van der Waals surface area contributed by atoms with Crippen LogP contribution in [-0.4, -0.2) is 102 Å². The van der Waals surface area contributed by atoms with Crippen molar-refractivity contribution < 1.29 is 14.2 Å². The number of hydrogen-bond donors (Lipinski definition) is 1. The minimum absolute atomic E-state index is 0. The fourth-order valence-electron chi connectivity index (χ4n) is 3.94. The molecule has 2 fully saturated rings. The van der Waals surface area contributed by atoms with Crippen LogP contribution in [0.25, 0.3) is 0 Å². The van der Waals surface area contributed by atoms with Crippen molar-refractivity contribution >= 4 is 29.9 Å². The standard InChI is InChI=1S/C20H40N4O3.HI/c1-17(2)13-19(23-7-9-26-10-8-23)14-22-20(21-3)24-6-5-18(15-24)16-27-12-11-25-4;/h17-19H,5-16H2,1-4H3,(H,21,22);1H. The van der Waals surface area contributed by atoms with Crippen molar-refractivity contribution in [2.75, 3.05) is 79.9 Å². The highest BCUT2D eigenvalue weighted by atomic mass is 127. The summed E-state index contributed by atoms with van der Waals surface area (Å²) in [5.41, 5.74) is 0. The molecule has 28 heavy (non-hydrogen) atoms. The van der Waals surface area contributed by atoms with Crippen LogP contribution in [-0.2, 0) is 14.2 Å². The van der Waals surface area contributed by atoms with Crippen molar-refractivity contribution in [1.29, 1.82) is 0 Å². The average Bonchev–Trinajstić information content (AvgIpc) is 3.14. The summed E-state index contributed by atoms with van der Waals surface area (Å²) in [6.07, 6.45) is 2.35. The Morgan fingerprint density at radius 2 is 1.96 bits per heavy atom. The van der Waals surface area contributed by atoms with E-state index in [2.05, 4.69) is 34.0 Å². The highest BCUT2D eigenvalue weighted by Gasteiger charge is 2.27. The van der Waals surface area contributed by atoms with Crippen LogP contribution in [0.4, 0.5) is 0 Å². The zero-order valence-corrected chi connectivity index (χ0v) is 20.5. The molecular formula is C20H41IN4O3. The summed E-state index contributed by atoms with van der Waals surface area (Å²) in [4.78, 5) is 9.48. The van der Waals surface area contributed by atoms with Crippen molar-refractivity contribution in [2.45, 2.75) is 32.7 Å². The number of ether oxygens (including phenoxy) is 3. The number of halogens is 1. The number of nitrogens with one attached hydrogen (secondary N) is 1. The quantitative estimate of drug-likeness (QED) is 0.209. The second kappa shape index (κ2) is 14.8. The molecule has 7 nitrogen and oxygen atoms in total. The fourth-order valence-corrected chi connectivity index (χ4v) is 3.94. The lowest BCUT2D eigenvalue weighted by Gasteiger charge is -2.36. The maximum Gasteiger partial charge on any atom is 0.193 e. The van der Waals surface area contributed by atoms with Gasteiger partial charge in [0, 0.05) is 58.8 Å². The van der Waals surface area contributed by atoms with Crippen LogP contribution in [0.3, 0.4) is 0 Å². The van der Waals surface area contributed by atoms with Gasteiger partial charge >= 0.3 is 0 Å². The number of likely N-dealkylation sites (tertiary alicyclic amines) is 1. The molecule has 0 radical (unpaired) electrons. The minimum Gasteiger partial charge on any atom is -0.382 e. The van der Waals surface area contributed by atoms with Gasteiger partial charge in [-0.25, -0.2) is 0 Å². The van der Waals surface area contributed by atoms with Gasteiger partial charge in [-0.2, -0.15) is 0 Å². The zero-order chi connectivity index (χ0) is 19.5. The molecule has 2 aliphatic rings. The van der Waals surface area contributed by atoms with E-state index in [4.69, 9.17) is 14.2 Å². The second-order valence-corrected chi connectivity index (χ2v) is 8.03. The molecule has 2 aliphatic heterocycles. The summed E-state index contributed by atoms with van der Waals surface area (Å²) >= 11 is 0. The maximum atomic E-state index is 5.71. The summed E-state index contributed by atoms with van der Waals surface area (Å²) in [6.45, 7) is 13.5. The van der Waals surface area contributed by atoms with Gasteiger partial charge in [-0.3, -0.25) is 9.89 Å². The van der Waals surface area contributed by atoms with Gasteiger partial charge in [0.2, 0.25) is 0 Å². The van der Waals surface area contributed by atoms with E-state index in [9.17, 15) is 0 Å². The molecule has 0 aliphatic carbocycles. The predicted octanol–water partition coefficient (Wildman–Crippen LogP) is 1.91. The third-order valence-corrected chi connectivity index (χ3v) is 5.38. The molecule has 0 aromatic rings. The monoisotopic (exact) mass is 512 g/mol. The van der Waals surface area contributed by atoms with Crippen molar-refractivity contribution in [1.82, 2.24) is 15.1 Å². The van der Waals surface area contributed by atoms with Crippen LogP contribution in [0.5, 0.6) is 0 Å². The van der Waals surface area contributed by atoms with Crippen LogP contribution in [0, 0.1) is 11.8 Å². The smallest absolute Gasteiger partial charge is 0.193 e. The number of hydrogen-bond acceptors (Lipinski definition) is 5. The Kier molecular flexibility index (Phi) is 13.6. The van der Waals surface area contributed by atoms with Crippen molar-refractivity contribution in [3.8, 4) is 0 Å². The molecule has 0 amide bonds. The number of morpholine rings is 1. The van der Waals surface area contributed by atoms with Gasteiger partial charge in [0.15, 0.2) is 5.96 Å². The Labute approximate surface area is 188 Å². The molecule has 0 saturated carbocycles. The summed E-state index contributed by atoms with van der Waals surface area (Å²) in [5.74, 6) is 2.28. The number of rotatable bonds is 10. The normalized spacial score (nSPS) is 22.4. The number of aliphatic imine (C=N–C) groups is 1. The first-order valence-corrected chi connectivity index (χ1v) is 10.5. The van der Waals surface area contributed by atoms with Gasteiger partial charge in [-0.15, -0.1) is 24.0 Å². The molecule has 2 atom stereocenters. The maximum absolute atomic E-state index is 5.71. The average molecular weight is 512 g/mol. The predicted molar refractivity (Wildman–Crippen MR) is 125 cm³/mol. The van der Waals surface area contributed by atoms with E-state index < -0.39 is 0 Å². The lowest BCUT2D eigenvalue weighted by Crippen LogP contribution is -2.51. The highest BCUT2D eigenvalue weighted by Crippen LogP contribution is 2.17. The highest BCUT2D eigenvalue weighted by molar-refractivity contribution is 14.0. The third kappa shape index (κ3) is 9.11. The fraction of sp³-hybridized carbons (Fsp3) is 0.950. The van der Waals surface area contributed by atoms with E-state index in [0.717, 1.165) is 64.9 Å². The lowest BCUT2D eigenvalue weighted by atomic mass is 10.0. The Morgan fingerprint density at radius 3 is 2.61 bits per heavy atom. The number of methoxy groups -OCH3 is 1. The van der Waals surface area contributed by atoms with Crippen LogP contribution in [0.15, 0.2) is 4.99 Å². The SMILES string of the molecule is CN=C(NCC(CC(C)C)N1CCOCC1)N1CCC(COCCOC)C1.I.